The third-order valence-corrected chi connectivity index (χ3v) is 4.45. The van der Waals surface area contributed by atoms with Crippen molar-refractivity contribution in [2.75, 3.05) is 5.32 Å². The number of anilines is 2. The molecule has 0 bridgehead atoms. The highest BCUT2D eigenvalue weighted by molar-refractivity contribution is 6.31. The van der Waals surface area contributed by atoms with E-state index in [9.17, 15) is 0 Å². The third kappa shape index (κ3) is 3.04. The number of halogens is 1. The number of para-hydroxylation sites is 1. The largest absolute Gasteiger partial charge is 0.339 e. The van der Waals surface area contributed by atoms with Gasteiger partial charge in [-0.25, -0.2) is 9.97 Å². The zero-order valence-corrected chi connectivity index (χ0v) is 14.3. The lowest BCUT2D eigenvalue weighted by atomic mass is 10.1. The van der Waals surface area contributed by atoms with Gasteiger partial charge in [-0.2, -0.15) is 0 Å². The first-order chi connectivity index (χ1) is 12.2. The highest BCUT2D eigenvalue weighted by Gasteiger charge is 2.11. The maximum absolute atomic E-state index is 6.24. The van der Waals surface area contributed by atoms with E-state index in [0.29, 0.717) is 5.82 Å². The van der Waals surface area contributed by atoms with Gasteiger partial charge in [0.1, 0.15) is 5.82 Å². The van der Waals surface area contributed by atoms with Gasteiger partial charge in [0.05, 0.1) is 5.52 Å². The molecule has 0 amide bonds. The summed E-state index contributed by atoms with van der Waals surface area (Å²) in [5, 5.41) is 5.08. The first kappa shape index (κ1) is 15.5. The first-order valence-corrected chi connectivity index (χ1v) is 8.29. The molecule has 122 valence electrons. The number of hydrogen-bond acceptors (Lipinski definition) is 4. The second-order valence-corrected chi connectivity index (χ2v) is 6.10. The summed E-state index contributed by atoms with van der Waals surface area (Å²) in [6.45, 7) is 1.98. The van der Waals surface area contributed by atoms with E-state index in [1.165, 1.54) is 0 Å². The van der Waals surface area contributed by atoms with Crippen LogP contribution in [0, 0.1) is 6.92 Å². The molecule has 0 saturated heterocycles. The molecule has 2 aromatic heterocycles. The summed E-state index contributed by atoms with van der Waals surface area (Å²) in [5.74, 6) is 1.38. The minimum absolute atomic E-state index is 0.633. The van der Waals surface area contributed by atoms with Crippen molar-refractivity contribution in [2.45, 2.75) is 6.92 Å². The normalized spacial score (nSPS) is 10.8. The fourth-order valence-corrected chi connectivity index (χ4v) is 2.84. The lowest BCUT2D eigenvalue weighted by Gasteiger charge is -2.13. The van der Waals surface area contributed by atoms with Gasteiger partial charge >= 0.3 is 0 Å². The van der Waals surface area contributed by atoms with Crippen LogP contribution in [0.5, 0.6) is 0 Å². The molecule has 0 radical (unpaired) electrons. The average Bonchev–Trinajstić information content (AvgIpc) is 2.66. The summed E-state index contributed by atoms with van der Waals surface area (Å²) < 4.78 is 0. The van der Waals surface area contributed by atoms with Crippen LogP contribution in [-0.4, -0.2) is 15.0 Å². The van der Waals surface area contributed by atoms with Crippen LogP contribution in [0.3, 0.4) is 0 Å². The van der Waals surface area contributed by atoms with E-state index in [-0.39, 0.29) is 0 Å². The van der Waals surface area contributed by atoms with E-state index >= 15 is 0 Å². The molecule has 2 heterocycles. The monoisotopic (exact) mass is 346 g/mol. The summed E-state index contributed by atoms with van der Waals surface area (Å²) in [4.78, 5) is 13.6. The number of pyridine rings is 1. The van der Waals surface area contributed by atoms with E-state index < -0.39 is 0 Å². The van der Waals surface area contributed by atoms with Gasteiger partial charge in [-0.05, 0) is 48.9 Å². The van der Waals surface area contributed by atoms with Crippen molar-refractivity contribution in [1.82, 2.24) is 15.0 Å². The number of rotatable bonds is 3. The Morgan fingerprint density at radius 3 is 2.64 bits per heavy atom. The zero-order valence-electron chi connectivity index (χ0n) is 13.6. The van der Waals surface area contributed by atoms with E-state index in [1.807, 2.05) is 61.5 Å². The molecule has 0 aliphatic rings. The molecule has 0 spiro atoms. The van der Waals surface area contributed by atoms with Crippen LogP contribution in [0.1, 0.15) is 5.56 Å². The summed E-state index contributed by atoms with van der Waals surface area (Å²) in [6, 6.07) is 17.5. The molecule has 4 rings (SSSR count). The Kier molecular flexibility index (Phi) is 4.04. The maximum Gasteiger partial charge on any atom is 0.163 e. The minimum Gasteiger partial charge on any atom is -0.339 e. The molecule has 2 aromatic carbocycles. The van der Waals surface area contributed by atoms with Crippen molar-refractivity contribution in [3.63, 3.8) is 0 Å². The molecule has 0 unspecified atom stereocenters. The Morgan fingerprint density at radius 1 is 0.920 bits per heavy atom. The highest BCUT2D eigenvalue weighted by atomic mass is 35.5. The highest BCUT2D eigenvalue weighted by Crippen LogP contribution is 2.30. The van der Waals surface area contributed by atoms with Crippen LogP contribution < -0.4 is 5.32 Å². The summed E-state index contributed by atoms with van der Waals surface area (Å²) in [5.41, 5.74) is 3.65. The molecular formula is C20H15ClN4. The minimum atomic E-state index is 0.633. The van der Waals surface area contributed by atoms with Gasteiger partial charge in [0.15, 0.2) is 5.82 Å². The number of hydrogen-bond donors (Lipinski definition) is 1. The van der Waals surface area contributed by atoms with Crippen LogP contribution in [0.25, 0.3) is 22.3 Å². The van der Waals surface area contributed by atoms with Crippen molar-refractivity contribution in [3.8, 4) is 11.4 Å². The number of fused-ring (bicyclic) bond motifs is 1. The predicted molar refractivity (Wildman–Crippen MR) is 102 cm³/mol. The lowest BCUT2D eigenvalue weighted by molar-refractivity contribution is 1.20. The molecule has 0 aliphatic heterocycles. The van der Waals surface area contributed by atoms with Gasteiger partial charge in [-0.15, -0.1) is 0 Å². The Balaban J connectivity index is 1.88. The van der Waals surface area contributed by atoms with Gasteiger partial charge in [-0.3, -0.25) is 4.98 Å². The summed E-state index contributed by atoms with van der Waals surface area (Å²) in [7, 11) is 0. The smallest absolute Gasteiger partial charge is 0.163 e. The predicted octanol–water partition coefficient (Wildman–Crippen LogP) is 5.40. The molecule has 25 heavy (non-hydrogen) atoms. The molecule has 0 atom stereocenters. The van der Waals surface area contributed by atoms with E-state index in [0.717, 1.165) is 38.6 Å². The van der Waals surface area contributed by atoms with Crippen molar-refractivity contribution in [2.24, 2.45) is 0 Å². The topological polar surface area (TPSA) is 50.7 Å². The van der Waals surface area contributed by atoms with Crippen LogP contribution in [0.15, 0.2) is 67.0 Å². The van der Waals surface area contributed by atoms with Gasteiger partial charge in [-0.1, -0.05) is 29.8 Å². The van der Waals surface area contributed by atoms with Gasteiger partial charge < -0.3 is 5.32 Å². The fourth-order valence-electron chi connectivity index (χ4n) is 2.67. The van der Waals surface area contributed by atoms with E-state index in [4.69, 9.17) is 16.6 Å². The second kappa shape index (κ2) is 6.49. The van der Waals surface area contributed by atoms with Crippen molar-refractivity contribution < 1.29 is 0 Å². The summed E-state index contributed by atoms with van der Waals surface area (Å²) >= 11 is 6.24. The van der Waals surface area contributed by atoms with Crippen LogP contribution in [0.2, 0.25) is 5.02 Å². The third-order valence-electron chi connectivity index (χ3n) is 4.04. The number of benzene rings is 2. The van der Waals surface area contributed by atoms with Gasteiger partial charge in [0, 0.05) is 34.1 Å². The van der Waals surface area contributed by atoms with Crippen LogP contribution in [0.4, 0.5) is 11.5 Å². The standard InChI is InChI=1S/C20H15ClN4/c1-13-16(21)8-4-10-17(13)23-20-15-7-2-3-9-18(15)24-19(25-20)14-6-5-11-22-12-14/h2-12H,1H3,(H,23,24,25). The molecule has 5 heteroatoms. The molecule has 4 nitrogen and oxygen atoms in total. The zero-order chi connectivity index (χ0) is 17.2. The number of aromatic nitrogens is 3. The molecule has 0 fully saturated rings. The Bertz CT molecular complexity index is 1050. The Labute approximate surface area is 150 Å². The maximum atomic E-state index is 6.24. The lowest BCUT2D eigenvalue weighted by Crippen LogP contribution is -2.00. The van der Waals surface area contributed by atoms with E-state index in [1.54, 1.807) is 12.4 Å². The number of nitrogens with zero attached hydrogens (tertiary/aromatic N) is 3. The van der Waals surface area contributed by atoms with Crippen molar-refractivity contribution in [1.29, 1.82) is 0 Å². The Morgan fingerprint density at radius 2 is 1.80 bits per heavy atom. The molecule has 0 saturated carbocycles. The van der Waals surface area contributed by atoms with Crippen molar-refractivity contribution >= 4 is 34.0 Å². The first-order valence-electron chi connectivity index (χ1n) is 7.92. The molecular weight excluding hydrogens is 332 g/mol. The molecule has 4 aromatic rings. The quantitative estimate of drug-likeness (QED) is 0.539. The van der Waals surface area contributed by atoms with Crippen LogP contribution >= 0.6 is 11.6 Å². The summed E-state index contributed by atoms with van der Waals surface area (Å²) in [6.07, 6.45) is 3.50. The molecule has 0 aliphatic carbocycles. The van der Waals surface area contributed by atoms with Crippen LogP contribution in [-0.2, 0) is 0 Å². The number of nitrogens with one attached hydrogen (secondary N) is 1. The van der Waals surface area contributed by atoms with Crippen molar-refractivity contribution in [3.05, 3.63) is 77.6 Å². The average molecular weight is 347 g/mol. The second-order valence-electron chi connectivity index (χ2n) is 5.69. The fraction of sp³-hybridized carbons (Fsp3) is 0.0500. The SMILES string of the molecule is Cc1c(Cl)cccc1Nc1nc(-c2cccnc2)nc2ccccc12. The van der Waals surface area contributed by atoms with Gasteiger partial charge in [0.2, 0.25) is 0 Å². The Hall–Kier alpha value is -2.98. The van der Waals surface area contributed by atoms with E-state index in [2.05, 4.69) is 15.3 Å². The molecule has 1 N–H and O–H groups in total. The van der Waals surface area contributed by atoms with Gasteiger partial charge in [0.25, 0.3) is 0 Å².